The van der Waals surface area contributed by atoms with Crippen LogP contribution in [0.2, 0.25) is 0 Å². The van der Waals surface area contributed by atoms with Crippen molar-refractivity contribution < 1.29 is 0 Å². The summed E-state index contributed by atoms with van der Waals surface area (Å²) in [5, 5.41) is 12.4. The molecular weight excluding hydrogens is 290 g/mol. The Balaban J connectivity index is 2.29. The Kier molecular flexibility index (Phi) is 4.62. The van der Waals surface area contributed by atoms with Crippen LogP contribution >= 0.6 is 15.9 Å². The van der Waals surface area contributed by atoms with Crippen molar-refractivity contribution in [3.63, 3.8) is 0 Å². The first-order valence-electron chi connectivity index (χ1n) is 6.33. The lowest BCUT2D eigenvalue weighted by Crippen LogP contribution is -2.40. The van der Waals surface area contributed by atoms with Gasteiger partial charge in [-0.1, -0.05) is 15.9 Å². The summed E-state index contributed by atoms with van der Waals surface area (Å²) >= 11 is 3.50. The standard InChI is InChI=1S/C14H18BrN3/c1-11-9-12(15)3-4-14(11)18-8-2-7-17-10-13(18)5-6-16/h3-4,9,13,17H,2,5,7-8,10H2,1H3. The molecule has 1 atom stereocenters. The lowest BCUT2D eigenvalue weighted by atomic mass is 10.1. The quantitative estimate of drug-likeness (QED) is 0.913. The van der Waals surface area contributed by atoms with Crippen LogP contribution < -0.4 is 10.2 Å². The molecule has 3 nitrogen and oxygen atoms in total. The molecule has 4 heteroatoms. The Hall–Kier alpha value is -1.05. The molecule has 0 amide bonds. The summed E-state index contributed by atoms with van der Waals surface area (Å²) in [4.78, 5) is 2.38. The van der Waals surface area contributed by atoms with Gasteiger partial charge in [-0.3, -0.25) is 0 Å². The fourth-order valence-corrected chi connectivity index (χ4v) is 2.96. The highest BCUT2D eigenvalue weighted by atomic mass is 79.9. The van der Waals surface area contributed by atoms with Crippen LogP contribution in [0.15, 0.2) is 22.7 Å². The molecule has 2 rings (SSSR count). The van der Waals surface area contributed by atoms with Gasteiger partial charge in [0.05, 0.1) is 18.5 Å². The predicted octanol–water partition coefficient (Wildman–Crippen LogP) is 2.84. The van der Waals surface area contributed by atoms with Crippen LogP contribution in [0.3, 0.4) is 0 Å². The van der Waals surface area contributed by atoms with Crippen LogP contribution in [0, 0.1) is 18.3 Å². The van der Waals surface area contributed by atoms with E-state index in [0.29, 0.717) is 6.42 Å². The zero-order valence-electron chi connectivity index (χ0n) is 10.6. The molecule has 1 heterocycles. The molecule has 1 unspecified atom stereocenters. The minimum absolute atomic E-state index is 0.275. The normalized spacial score (nSPS) is 20.3. The zero-order valence-corrected chi connectivity index (χ0v) is 12.2. The van der Waals surface area contributed by atoms with Crippen LogP contribution in [0.1, 0.15) is 18.4 Å². The lowest BCUT2D eigenvalue weighted by Gasteiger charge is -2.31. The third-order valence-electron chi connectivity index (χ3n) is 3.37. The monoisotopic (exact) mass is 307 g/mol. The van der Waals surface area contributed by atoms with Gasteiger partial charge < -0.3 is 10.2 Å². The summed E-state index contributed by atoms with van der Waals surface area (Å²) in [6.07, 6.45) is 1.69. The third kappa shape index (κ3) is 3.04. The van der Waals surface area contributed by atoms with Gasteiger partial charge in [-0.25, -0.2) is 0 Å². The largest absolute Gasteiger partial charge is 0.366 e. The molecule has 1 saturated heterocycles. The number of nitrogens with zero attached hydrogens (tertiary/aromatic N) is 2. The number of halogens is 1. The van der Waals surface area contributed by atoms with Crippen molar-refractivity contribution in [1.29, 1.82) is 5.26 Å². The van der Waals surface area contributed by atoms with Crippen molar-refractivity contribution >= 4 is 21.6 Å². The highest BCUT2D eigenvalue weighted by Crippen LogP contribution is 2.27. The number of hydrogen-bond donors (Lipinski definition) is 1. The van der Waals surface area contributed by atoms with Gasteiger partial charge in [-0.2, -0.15) is 5.26 Å². The van der Waals surface area contributed by atoms with E-state index in [0.717, 1.165) is 30.5 Å². The van der Waals surface area contributed by atoms with E-state index in [1.165, 1.54) is 11.3 Å². The summed E-state index contributed by atoms with van der Waals surface area (Å²) in [5.41, 5.74) is 2.51. The second-order valence-electron chi connectivity index (χ2n) is 4.70. The van der Waals surface area contributed by atoms with E-state index in [4.69, 9.17) is 5.26 Å². The van der Waals surface area contributed by atoms with Gasteiger partial charge >= 0.3 is 0 Å². The first-order valence-corrected chi connectivity index (χ1v) is 7.12. The third-order valence-corrected chi connectivity index (χ3v) is 3.86. The minimum atomic E-state index is 0.275. The molecule has 0 bridgehead atoms. The molecule has 0 aromatic heterocycles. The number of aryl methyl sites for hydroxylation is 1. The van der Waals surface area contributed by atoms with Crippen LogP contribution in [0.4, 0.5) is 5.69 Å². The summed E-state index contributed by atoms with van der Waals surface area (Å²) in [6.45, 7) is 5.07. The number of nitrogens with one attached hydrogen (secondary N) is 1. The average Bonchev–Trinajstić information content (AvgIpc) is 2.56. The molecule has 1 aromatic rings. The molecule has 0 radical (unpaired) electrons. The molecule has 1 fully saturated rings. The van der Waals surface area contributed by atoms with Gasteiger partial charge in [0.15, 0.2) is 0 Å². The van der Waals surface area contributed by atoms with Crippen molar-refractivity contribution in [2.75, 3.05) is 24.5 Å². The van der Waals surface area contributed by atoms with Gasteiger partial charge in [0.2, 0.25) is 0 Å². The van der Waals surface area contributed by atoms with E-state index >= 15 is 0 Å². The van der Waals surface area contributed by atoms with Crippen molar-refractivity contribution in [1.82, 2.24) is 5.32 Å². The Labute approximate surface area is 117 Å². The van der Waals surface area contributed by atoms with Crippen molar-refractivity contribution in [3.8, 4) is 6.07 Å². The number of benzene rings is 1. The van der Waals surface area contributed by atoms with Crippen molar-refractivity contribution in [2.24, 2.45) is 0 Å². The zero-order chi connectivity index (χ0) is 13.0. The van der Waals surface area contributed by atoms with Gasteiger partial charge in [0.1, 0.15) is 0 Å². The summed E-state index contributed by atoms with van der Waals surface area (Å²) in [5.74, 6) is 0. The number of rotatable bonds is 2. The van der Waals surface area contributed by atoms with Crippen molar-refractivity contribution in [3.05, 3.63) is 28.2 Å². The van der Waals surface area contributed by atoms with Gasteiger partial charge in [0, 0.05) is 23.2 Å². The predicted molar refractivity (Wildman–Crippen MR) is 77.7 cm³/mol. The minimum Gasteiger partial charge on any atom is -0.366 e. The summed E-state index contributed by atoms with van der Waals surface area (Å²) in [7, 11) is 0. The number of anilines is 1. The maximum absolute atomic E-state index is 8.98. The van der Waals surface area contributed by atoms with Crippen molar-refractivity contribution in [2.45, 2.75) is 25.8 Å². The van der Waals surface area contributed by atoms with E-state index in [-0.39, 0.29) is 6.04 Å². The van der Waals surface area contributed by atoms with Gasteiger partial charge in [0.25, 0.3) is 0 Å². The number of nitriles is 1. The van der Waals surface area contributed by atoms with E-state index in [1.807, 2.05) is 0 Å². The van der Waals surface area contributed by atoms with Gasteiger partial charge in [-0.15, -0.1) is 0 Å². The van der Waals surface area contributed by atoms with E-state index < -0.39 is 0 Å². The van der Waals surface area contributed by atoms with Gasteiger partial charge in [-0.05, 0) is 43.7 Å². The molecule has 96 valence electrons. The first-order chi connectivity index (χ1) is 8.72. The highest BCUT2D eigenvalue weighted by molar-refractivity contribution is 9.10. The number of hydrogen-bond acceptors (Lipinski definition) is 3. The molecule has 0 spiro atoms. The summed E-state index contributed by atoms with van der Waals surface area (Å²) < 4.78 is 1.11. The highest BCUT2D eigenvalue weighted by Gasteiger charge is 2.22. The molecule has 0 aliphatic carbocycles. The fraction of sp³-hybridized carbons (Fsp3) is 0.500. The fourth-order valence-electron chi connectivity index (χ4n) is 2.48. The molecule has 18 heavy (non-hydrogen) atoms. The molecular formula is C14H18BrN3. The topological polar surface area (TPSA) is 39.1 Å². The molecule has 1 aromatic carbocycles. The Bertz CT molecular complexity index is 453. The Morgan fingerprint density at radius 3 is 3.11 bits per heavy atom. The Morgan fingerprint density at radius 2 is 2.39 bits per heavy atom. The van der Waals surface area contributed by atoms with E-state index in [9.17, 15) is 0 Å². The molecule has 1 N–H and O–H groups in total. The smallest absolute Gasteiger partial charge is 0.0643 e. The van der Waals surface area contributed by atoms with E-state index in [1.54, 1.807) is 0 Å². The lowest BCUT2D eigenvalue weighted by molar-refractivity contribution is 0.596. The molecule has 1 aliphatic rings. The second kappa shape index (κ2) is 6.21. The van der Waals surface area contributed by atoms with E-state index in [2.05, 4.69) is 57.3 Å². The van der Waals surface area contributed by atoms with Crippen LogP contribution in [0.5, 0.6) is 0 Å². The molecule has 1 aliphatic heterocycles. The van der Waals surface area contributed by atoms with Crippen LogP contribution in [-0.4, -0.2) is 25.7 Å². The first kappa shape index (κ1) is 13.4. The summed E-state index contributed by atoms with van der Waals surface area (Å²) in [6, 6.07) is 8.94. The molecule has 0 saturated carbocycles. The maximum Gasteiger partial charge on any atom is 0.0643 e. The average molecular weight is 308 g/mol. The van der Waals surface area contributed by atoms with Crippen LogP contribution in [0.25, 0.3) is 0 Å². The second-order valence-corrected chi connectivity index (χ2v) is 5.61. The Morgan fingerprint density at radius 1 is 1.56 bits per heavy atom. The SMILES string of the molecule is Cc1cc(Br)ccc1N1CCCNCC1CC#N. The van der Waals surface area contributed by atoms with Crippen LogP contribution in [-0.2, 0) is 0 Å². The maximum atomic E-state index is 8.98.